The van der Waals surface area contributed by atoms with Crippen molar-refractivity contribution in [3.63, 3.8) is 0 Å². The second kappa shape index (κ2) is 5.89. The minimum Gasteiger partial charge on any atom is -0.463 e. The molecule has 1 fully saturated rings. The molecule has 2 aliphatic rings. The first-order valence-electron chi connectivity index (χ1n) is 6.51. The number of amides is 1. The van der Waals surface area contributed by atoms with Gasteiger partial charge in [0.15, 0.2) is 0 Å². The van der Waals surface area contributed by atoms with Crippen LogP contribution >= 0.6 is 0 Å². The van der Waals surface area contributed by atoms with Crippen LogP contribution < -0.4 is 0 Å². The van der Waals surface area contributed by atoms with Crippen LogP contribution in [0.1, 0.15) is 26.2 Å². The number of hydrogen-bond acceptors (Lipinski definition) is 4. The molecule has 5 nitrogen and oxygen atoms in total. The molecule has 0 N–H and O–H groups in total. The highest BCUT2D eigenvalue weighted by atomic mass is 16.5. The predicted octanol–water partition coefficient (Wildman–Crippen LogP) is 0.707. The second-order valence-electron chi connectivity index (χ2n) is 4.48. The molecular weight excluding hydrogens is 218 g/mol. The summed E-state index contributed by atoms with van der Waals surface area (Å²) in [7, 11) is 0. The first-order chi connectivity index (χ1) is 8.31. The lowest BCUT2D eigenvalue weighted by Gasteiger charge is -2.35. The maximum absolute atomic E-state index is 11.8. The minimum absolute atomic E-state index is 0.292. The second-order valence-corrected chi connectivity index (χ2v) is 4.48. The van der Waals surface area contributed by atoms with Crippen LogP contribution in [0.15, 0.2) is 4.99 Å². The number of amidine groups is 1. The van der Waals surface area contributed by atoms with Crippen LogP contribution in [0.5, 0.6) is 0 Å². The van der Waals surface area contributed by atoms with E-state index >= 15 is 0 Å². The SMILES string of the molecule is CCCCC(=O)N1CCN(C2=NCCO2)CC1. The van der Waals surface area contributed by atoms with E-state index in [1.807, 2.05) is 4.90 Å². The van der Waals surface area contributed by atoms with Crippen molar-refractivity contribution in [2.45, 2.75) is 26.2 Å². The van der Waals surface area contributed by atoms with E-state index in [4.69, 9.17) is 4.74 Å². The fourth-order valence-corrected chi connectivity index (χ4v) is 2.15. The van der Waals surface area contributed by atoms with Crippen molar-refractivity contribution in [2.24, 2.45) is 4.99 Å². The van der Waals surface area contributed by atoms with Crippen molar-refractivity contribution in [3.05, 3.63) is 0 Å². The molecule has 96 valence electrons. The van der Waals surface area contributed by atoms with Gasteiger partial charge < -0.3 is 14.5 Å². The van der Waals surface area contributed by atoms with Gasteiger partial charge in [-0.3, -0.25) is 4.79 Å². The lowest BCUT2D eigenvalue weighted by molar-refractivity contribution is -0.132. The Kier molecular flexibility index (Phi) is 4.23. The van der Waals surface area contributed by atoms with Gasteiger partial charge in [-0.15, -0.1) is 0 Å². The highest BCUT2D eigenvalue weighted by Crippen LogP contribution is 2.09. The smallest absolute Gasteiger partial charge is 0.287 e. The van der Waals surface area contributed by atoms with Crippen LogP contribution in [0.4, 0.5) is 0 Å². The Labute approximate surface area is 102 Å². The van der Waals surface area contributed by atoms with Crippen LogP contribution in [-0.2, 0) is 9.53 Å². The molecule has 0 aliphatic carbocycles. The van der Waals surface area contributed by atoms with Gasteiger partial charge in [0.2, 0.25) is 5.91 Å². The van der Waals surface area contributed by atoms with Crippen LogP contribution in [0.3, 0.4) is 0 Å². The lowest BCUT2D eigenvalue weighted by atomic mass is 10.2. The van der Waals surface area contributed by atoms with Crippen molar-refractivity contribution < 1.29 is 9.53 Å². The zero-order valence-corrected chi connectivity index (χ0v) is 10.5. The number of nitrogens with zero attached hydrogens (tertiary/aromatic N) is 3. The Morgan fingerprint density at radius 2 is 2.12 bits per heavy atom. The maximum atomic E-state index is 11.8. The third kappa shape index (κ3) is 3.11. The van der Waals surface area contributed by atoms with E-state index in [-0.39, 0.29) is 0 Å². The van der Waals surface area contributed by atoms with E-state index in [1.165, 1.54) is 0 Å². The number of piperazine rings is 1. The summed E-state index contributed by atoms with van der Waals surface area (Å²) in [6.07, 6.45) is 2.76. The minimum atomic E-state index is 0.292. The topological polar surface area (TPSA) is 45.1 Å². The van der Waals surface area contributed by atoms with E-state index in [0.717, 1.165) is 51.6 Å². The van der Waals surface area contributed by atoms with E-state index < -0.39 is 0 Å². The summed E-state index contributed by atoms with van der Waals surface area (Å²) >= 11 is 0. The van der Waals surface area contributed by atoms with Crippen molar-refractivity contribution in [1.82, 2.24) is 9.80 Å². The first-order valence-corrected chi connectivity index (χ1v) is 6.51. The predicted molar refractivity (Wildman–Crippen MR) is 65.9 cm³/mol. The maximum Gasteiger partial charge on any atom is 0.287 e. The van der Waals surface area contributed by atoms with Gasteiger partial charge in [0.1, 0.15) is 6.61 Å². The van der Waals surface area contributed by atoms with Gasteiger partial charge in [-0.05, 0) is 6.42 Å². The molecule has 1 amide bonds. The van der Waals surface area contributed by atoms with Crippen LogP contribution in [0.2, 0.25) is 0 Å². The molecule has 2 aliphatic heterocycles. The summed E-state index contributed by atoms with van der Waals surface area (Å²) in [4.78, 5) is 20.2. The molecule has 17 heavy (non-hydrogen) atoms. The van der Waals surface area contributed by atoms with E-state index in [2.05, 4.69) is 16.8 Å². The highest BCUT2D eigenvalue weighted by Gasteiger charge is 2.24. The average Bonchev–Trinajstić information content (AvgIpc) is 2.90. The fraction of sp³-hybridized carbons (Fsp3) is 0.833. The molecule has 0 radical (unpaired) electrons. The van der Waals surface area contributed by atoms with Gasteiger partial charge >= 0.3 is 0 Å². The summed E-state index contributed by atoms with van der Waals surface area (Å²) in [5.74, 6) is 0.292. The van der Waals surface area contributed by atoms with Crippen molar-refractivity contribution in [1.29, 1.82) is 0 Å². The largest absolute Gasteiger partial charge is 0.463 e. The molecule has 0 aromatic carbocycles. The number of hydrogen-bond donors (Lipinski definition) is 0. The number of carbonyl (C=O) groups excluding carboxylic acids is 1. The first kappa shape index (κ1) is 12.2. The third-order valence-corrected chi connectivity index (χ3v) is 3.22. The fourth-order valence-electron chi connectivity index (χ4n) is 2.15. The van der Waals surface area contributed by atoms with Crippen molar-refractivity contribution in [3.8, 4) is 0 Å². The van der Waals surface area contributed by atoms with Gasteiger partial charge in [-0.1, -0.05) is 13.3 Å². The molecule has 0 atom stereocenters. The quantitative estimate of drug-likeness (QED) is 0.728. The molecule has 5 heteroatoms. The molecule has 1 saturated heterocycles. The Balaban J connectivity index is 1.75. The monoisotopic (exact) mass is 239 g/mol. The summed E-state index contributed by atoms with van der Waals surface area (Å²) in [6.45, 7) is 6.86. The number of ether oxygens (including phenoxy) is 1. The standard InChI is InChI=1S/C12H21N3O2/c1-2-3-4-11(16)14-6-8-15(9-7-14)12-13-5-10-17-12/h2-10H2,1H3. The lowest BCUT2D eigenvalue weighted by Crippen LogP contribution is -2.50. The zero-order valence-electron chi connectivity index (χ0n) is 10.5. The zero-order chi connectivity index (χ0) is 12.1. The molecule has 0 spiro atoms. The molecule has 0 bridgehead atoms. The molecule has 0 aromatic heterocycles. The molecule has 0 unspecified atom stereocenters. The van der Waals surface area contributed by atoms with Crippen LogP contribution in [0.25, 0.3) is 0 Å². The van der Waals surface area contributed by atoms with Gasteiger partial charge in [-0.25, -0.2) is 4.99 Å². The molecule has 0 aromatic rings. The summed E-state index contributed by atoms with van der Waals surface area (Å²) in [5, 5.41) is 0. The van der Waals surface area contributed by atoms with Gasteiger partial charge in [-0.2, -0.15) is 0 Å². The Hall–Kier alpha value is -1.26. The molecule has 2 heterocycles. The van der Waals surface area contributed by atoms with Crippen molar-refractivity contribution >= 4 is 11.9 Å². The van der Waals surface area contributed by atoms with Gasteiger partial charge in [0.05, 0.1) is 6.54 Å². The van der Waals surface area contributed by atoms with Crippen LogP contribution in [-0.4, -0.2) is 61.1 Å². The molecule has 2 rings (SSSR count). The number of carbonyl (C=O) groups is 1. The Morgan fingerprint density at radius 3 is 2.71 bits per heavy atom. The summed E-state index contributed by atoms with van der Waals surface area (Å²) < 4.78 is 5.43. The summed E-state index contributed by atoms with van der Waals surface area (Å²) in [5.41, 5.74) is 0. The number of aliphatic imine (C=N–C) groups is 1. The molecule has 0 saturated carbocycles. The van der Waals surface area contributed by atoms with Crippen molar-refractivity contribution in [2.75, 3.05) is 39.3 Å². The molecular formula is C12H21N3O2. The van der Waals surface area contributed by atoms with Crippen LogP contribution in [0, 0.1) is 0 Å². The Morgan fingerprint density at radius 1 is 1.35 bits per heavy atom. The van der Waals surface area contributed by atoms with Gasteiger partial charge in [0, 0.05) is 32.6 Å². The van der Waals surface area contributed by atoms with E-state index in [0.29, 0.717) is 18.9 Å². The summed E-state index contributed by atoms with van der Waals surface area (Å²) in [6, 6.07) is 0.769. The normalized spacial score (nSPS) is 20.2. The van der Waals surface area contributed by atoms with Gasteiger partial charge in [0.25, 0.3) is 6.02 Å². The third-order valence-electron chi connectivity index (χ3n) is 3.22. The number of rotatable bonds is 3. The number of unbranched alkanes of at least 4 members (excludes halogenated alkanes) is 1. The Bertz CT molecular complexity index is 296. The van der Waals surface area contributed by atoms with E-state index in [9.17, 15) is 4.79 Å². The average molecular weight is 239 g/mol. The van der Waals surface area contributed by atoms with E-state index in [1.54, 1.807) is 0 Å². The highest BCUT2D eigenvalue weighted by molar-refractivity contribution is 5.78.